The Kier molecular flexibility index (Phi) is 6.42. The Bertz CT molecular complexity index is 918. The van der Waals surface area contributed by atoms with Crippen molar-refractivity contribution in [1.29, 1.82) is 0 Å². The summed E-state index contributed by atoms with van der Waals surface area (Å²) in [5, 5.41) is 2.88. The highest BCUT2D eigenvalue weighted by molar-refractivity contribution is 5.94. The van der Waals surface area contributed by atoms with E-state index in [-0.39, 0.29) is 17.9 Å². The zero-order valence-corrected chi connectivity index (χ0v) is 17.0. The van der Waals surface area contributed by atoms with Gasteiger partial charge in [-0.15, -0.1) is 0 Å². The molecular formula is C24H27N3O3. The Hall–Kier alpha value is -3.15. The van der Waals surface area contributed by atoms with E-state index in [0.717, 1.165) is 43.4 Å². The highest BCUT2D eigenvalue weighted by atomic mass is 16.5. The third-order valence-electron chi connectivity index (χ3n) is 5.60. The number of piperidine rings is 1. The highest BCUT2D eigenvalue weighted by Gasteiger charge is 2.26. The molecule has 6 heteroatoms. The molecule has 1 N–H and O–H groups in total. The van der Waals surface area contributed by atoms with Gasteiger partial charge in [-0.05, 0) is 49.6 Å². The van der Waals surface area contributed by atoms with E-state index in [1.165, 1.54) is 0 Å². The lowest BCUT2D eigenvalue weighted by Gasteiger charge is -2.32. The summed E-state index contributed by atoms with van der Waals surface area (Å²) < 4.78 is 6.12. The molecule has 1 fully saturated rings. The first-order valence-corrected chi connectivity index (χ1v) is 10.6. The summed E-state index contributed by atoms with van der Waals surface area (Å²) in [7, 11) is 0. The number of aromatic nitrogens is 1. The molecule has 2 amide bonds. The van der Waals surface area contributed by atoms with Crippen LogP contribution in [0.15, 0.2) is 60.3 Å². The van der Waals surface area contributed by atoms with Crippen LogP contribution in [0.5, 0.6) is 5.75 Å². The van der Waals surface area contributed by atoms with E-state index in [0.29, 0.717) is 30.9 Å². The maximum absolute atomic E-state index is 12.5. The van der Waals surface area contributed by atoms with E-state index in [1.807, 2.05) is 35.2 Å². The fourth-order valence-corrected chi connectivity index (χ4v) is 3.92. The van der Waals surface area contributed by atoms with E-state index in [1.54, 1.807) is 18.3 Å². The Morgan fingerprint density at radius 2 is 2.00 bits per heavy atom. The summed E-state index contributed by atoms with van der Waals surface area (Å²) in [4.78, 5) is 31.1. The fourth-order valence-electron chi connectivity index (χ4n) is 3.92. The van der Waals surface area contributed by atoms with Crippen molar-refractivity contribution in [3.8, 4) is 5.75 Å². The molecular weight excluding hydrogens is 378 g/mol. The van der Waals surface area contributed by atoms with Crippen LogP contribution in [-0.2, 0) is 11.3 Å². The lowest BCUT2D eigenvalue weighted by molar-refractivity contribution is -0.129. The van der Waals surface area contributed by atoms with Crippen LogP contribution < -0.4 is 10.1 Å². The number of carbonyl (C=O) groups is 2. The van der Waals surface area contributed by atoms with Gasteiger partial charge in [0, 0.05) is 43.3 Å². The Balaban J connectivity index is 1.28. The Morgan fingerprint density at radius 1 is 1.13 bits per heavy atom. The van der Waals surface area contributed by atoms with Crippen LogP contribution in [0.1, 0.15) is 48.2 Å². The standard InChI is InChI=1S/C24H27N3O3/c28-23(26-17-20-9-3-4-13-25-20)19-8-5-10-22(16-19)30-21-11-14-27(15-12-21)24(29)18-6-1-2-7-18/h3-6,8-10,13,16,21H,1-2,7,11-12,14-15,17H2,(H,26,28). The Morgan fingerprint density at radius 3 is 2.73 bits per heavy atom. The normalized spacial score (nSPS) is 16.8. The molecule has 156 valence electrons. The van der Waals surface area contributed by atoms with Gasteiger partial charge in [0.25, 0.3) is 5.91 Å². The predicted octanol–water partition coefficient (Wildman–Crippen LogP) is 3.49. The van der Waals surface area contributed by atoms with Gasteiger partial charge in [-0.2, -0.15) is 0 Å². The summed E-state index contributed by atoms with van der Waals surface area (Å²) in [5.74, 6) is 0.720. The van der Waals surface area contributed by atoms with Gasteiger partial charge >= 0.3 is 0 Å². The number of pyridine rings is 1. The monoisotopic (exact) mass is 405 g/mol. The number of likely N-dealkylation sites (tertiary alicyclic amines) is 1. The van der Waals surface area contributed by atoms with E-state index in [9.17, 15) is 9.59 Å². The molecule has 2 aliphatic rings. The van der Waals surface area contributed by atoms with Gasteiger partial charge in [-0.3, -0.25) is 14.6 Å². The summed E-state index contributed by atoms with van der Waals surface area (Å²) in [6.45, 7) is 1.81. The van der Waals surface area contributed by atoms with Crippen molar-refractivity contribution in [3.63, 3.8) is 0 Å². The maximum Gasteiger partial charge on any atom is 0.251 e. The van der Waals surface area contributed by atoms with Gasteiger partial charge in [-0.1, -0.05) is 18.2 Å². The van der Waals surface area contributed by atoms with Gasteiger partial charge < -0.3 is 15.0 Å². The van der Waals surface area contributed by atoms with Crippen LogP contribution in [0.4, 0.5) is 0 Å². The zero-order valence-electron chi connectivity index (χ0n) is 17.0. The summed E-state index contributed by atoms with van der Waals surface area (Å²) in [6.07, 6.45) is 8.46. The zero-order chi connectivity index (χ0) is 20.8. The average molecular weight is 405 g/mol. The number of nitrogens with one attached hydrogen (secondary N) is 1. The van der Waals surface area contributed by atoms with Gasteiger partial charge in [0.1, 0.15) is 11.9 Å². The SMILES string of the molecule is O=C(NCc1ccccn1)c1cccc(OC2CCN(C(=O)C3=CCCC3)CC2)c1. The van der Waals surface area contributed by atoms with Crippen LogP contribution in [0.25, 0.3) is 0 Å². The minimum atomic E-state index is -0.156. The number of nitrogens with zero attached hydrogens (tertiary/aromatic N) is 2. The lowest BCUT2D eigenvalue weighted by Crippen LogP contribution is -2.42. The summed E-state index contributed by atoms with van der Waals surface area (Å²) in [5.41, 5.74) is 2.34. The van der Waals surface area contributed by atoms with Crippen molar-refractivity contribution in [2.75, 3.05) is 13.1 Å². The Labute approximate surface area is 176 Å². The third kappa shape index (κ3) is 5.06. The lowest BCUT2D eigenvalue weighted by atomic mass is 10.1. The maximum atomic E-state index is 12.5. The first-order valence-electron chi connectivity index (χ1n) is 10.6. The minimum absolute atomic E-state index is 0.0541. The van der Waals surface area contributed by atoms with E-state index >= 15 is 0 Å². The third-order valence-corrected chi connectivity index (χ3v) is 5.60. The van der Waals surface area contributed by atoms with Crippen LogP contribution in [0.2, 0.25) is 0 Å². The number of rotatable bonds is 6. The number of amides is 2. The second-order valence-electron chi connectivity index (χ2n) is 7.76. The van der Waals surface area contributed by atoms with Gasteiger partial charge in [0.2, 0.25) is 5.91 Å². The smallest absolute Gasteiger partial charge is 0.251 e. The first-order chi connectivity index (χ1) is 14.7. The van der Waals surface area contributed by atoms with Crippen molar-refractivity contribution in [3.05, 3.63) is 71.6 Å². The quantitative estimate of drug-likeness (QED) is 0.799. The molecule has 0 unspecified atom stereocenters. The molecule has 0 bridgehead atoms. The number of ether oxygens (including phenoxy) is 1. The molecule has 0 spiro atoms. The van der Waals surface area contributed by atoms with Crippen molar-refractivity contribution in [1.82, 2.24) is 15.2 Å². The molecule has 0 atom stereocenters. The topological polar surface area (TPSA) is 71.5 Å². The van der Waals surface area contributed by atoms with Crippen LogP contribution in [-0.4, -0.2) is 40.9 Å². The number of benzene rings is 1. The summed E-state index contributed by atoms with van der Waals surface area (Å²) >= 11 is 0. The minimum Gasteiger partial charge on any atom is -0.490 e. The van der Waals surface area contributed by atoms with E-state index in [2.05, 4.69) is 16.4 Å². The van der Waals surface area contributed by atoms with E-state index < -0.39 is 0 Å². The largest absolute Gasteiger partial charge is 0.490 e. The van der Waals surface area contributed by atoms with Crippen molar-refractivity contribution >= 4 is 11.8 Å². The van der Waals surface area contributed by atoms with Crippen molar-refractivity contribution in [2.45, 2.75) is 44.8 Å². The molecule has 1 saturated heterocycles. The predicted molar refractivity (Wildman–Crippen MR) is 114 cm³/mol. The summed E-state index contributed by atoms with van der Waals surface area (Å²) in [6, 6.07) is 12.9. The van der Waals surface area contributed by atoms with Gasteiger partial charge in [0.15, 0.2) is 0 Å². The van der Waals surface area contributed by atoms with Gasteiger partial charge in [0.05, 0.1) is 12.2 Å². The number of hydrogen-bond acceptors (Lipinski definition) is 4. The fraction of sp³-hybridized carbons (Fsp3) is 0.375. The second kappa shape index (κ2) is 9.57. The van der Waals surface area contributed by atoms with Crippen molar-refractivity contribution in [2.24, 2.45) is 0 Å². The average Bonchev–Trinajstić information content (AvgIpc) is 3.33. The van der Waals surface area contributed by atoms with Crippen molar-refractivity contribution < 1.29 is 14.3 Å². The molecule has 2 heterocycles. The number of carbonyl (C=O) groups excluding carboxylic acids is 2. The molecule has 1 aromatic carbocycles. The van der Waals surface area contributed by atoms with Crippen LogP contribution in [0.3, 0.4) is 0 Å². The van der Waals surface area contributed by atoms with Crippen LogP contribution in [0, 0.1) is 0 Å². The molecule has 4 rings (SSSR count). The molecule has 6 nitrogen and oxygen atoms in total. The number of allylic oxidation sites excluding steroid dienone is 1. The van der Waals surface area contributed by atoms with Gasteiger partial charge in [-0.25, -0.2) is 0 Å². The highest BCUT2D eigenvalue weighted by Crippen LogP contribution is 2.24. The molecule has 2 aromatic rings. The van der Waals surface area contributed by atoms with Crippen LogP contribution >= 0.6 is 0 Å². The molecule has 1 aliphatic heterocycles. The van der Waals surface area contributed by atoms with E-state index in [4.69, 9.17) is 4.74 Å². The molecule has 0 radical (unpaired) electrons. The molecule has 1 aromatic heterocycles. The molecule has 0 saturated carbocycles. The molecule has 30 heavy (non-hydrogen) atoms. The number of hydrogen-bond donors (Lipinski definition) is 1. The second-order valence-corrected chi connectivity index (χ2v) is 7.76. The molecule has 1 aliphatic carbocycles. The first kappa shape index (κ1) is 20.1.